The number of nitrogens with zero attached hydrogens (tertiary/aromatic N) is 1. The number of nitrogens with two attached hydrogens (primary N) is 1. The van der Waals surface area contributed by atoms with Gasteiger partial charge in [0.2, 0.25) is 5.91 Å². The van der Waals surface area contributed by atoms with Crippen LogP contribution in [-0.4, -0.2) is 23.3 Å². The molecule has 1 fully saturated rings. The van der Waals surface area contributed by atoms with Crippen molar-refractivity contribution in [1.29, 1.82) is 0 Å². The van der Waals surface area contributed by atoms with Crippen LogP contribution in [0.2, 0.25) is 0 Å². The largest absolute Gasteiger partial charge is 0.399 e. The number of carbonyl (C=O) groups is 2. The zero-order valence-corrected chi connectivity index (χ0v) is 14.7. The van der Waals surface area contributed by atoms with E-state index in [-0.39, 0.29) is 24.2 Å². The van der Waals surface area contributed by atoms with Crippen molar-refractivity contribution in [3.05, 3.63) is 65.2 Å². The van der Waals surface area contributed by atoms with Crippen LogP contribution in [0.1, 0.15) is 34.3 Å². The van der Waals surface area contributed by atoms with Gasteiger partial charge in [0.1, 0.15) is 0 Å². The number of hydrogen-bond acceptors (Lipinski definition) is 3. The summed E-state index contributed by atoms with van der Waals surface area (Å²) in [6.45, 7) is 1.96. The third kappa shape index (κ3) is 4.97. The molecule has 2 aromatic carbocycles. The number of halogens is 1. The maximum absolute atomic E-state index is 12.1. The van der Waals surface area contributed by atoms with E-state index in [1.165, 1.54) is 0 Å². The Morgan fingerprint density at radius 2 is 1.84 bits per heavy atom. The van der Waals surface area contributed by atoms with E-state index >= 15 is 0 Å². The molecule has 0 bridgehead atoms. The summed E-state index contributed by atoms with van der Waals surface area (Å²) < 4.78 is 0. The van der Waals surface area contributed by atoms with Crippen LogP contribution < -0.4 is 11.1 Å². The van der Waals surface area contributed by atoms with E-state index in [0.29, 0.717) is 30.8 Å². The minimum atomic E-state index is -0.144. The van der Waals surface area contributed by atoms with Gasteiger partial charge >= 0.3 is 0 Å². The molecule has 0 radical (unpaired) electrons. The molecule has 0 unspecified atom stereocenters. The van der Waals surface area contributed by atoms with E-state index in [4.69, 9.17) is 5.73 Å². The van der Waals surface area contributed by atoms with Gasteiger partial charge in [-0.15, -0.1) is 12.4 Å². The average Bonchev–Trinajstić information content (AvgIpc) is 2.99. The minimum Gasteiger partial charge on any atom is -0.399 e. The molecule has 5 nitrogen and oxygen atoms in total. The van der Waals surface area contributed by atoms with Crippen molar-refractivity contribution >= 4 is 29.9 Å². The number of amides is 2. The topological polar surface area (TPSA) is 75.4 Å². The molecule has 0 aliphatic carbocycles. The Bertz CT molecular complexity index is 747. The fraction of sp³-hybridized carbons (Fsp3) is 0.263. The quantitative estimate of drug-likeness (QED) is 0.806. The SMILES string of the molecule is Cl.Nc1cccc(C(=O)NCc2ccc(CN3CCCC3=O)cc2)c1. The Labute approximate surface area is 153 Å². The first-order valence-corrected chi connectivity index (χ1v) is 8.11. The smallest absolute Gasteiger partial charge is 0.251 e. The van der Waals surface area contributed by atoms with Crippen LogP contribution in [0.3, 0.4) is 0 Å². The molecule has 0 saturated carbocycles. The molecule has 1 saturated heterocycles. The number of hydrogen-bond donors (Lipinski definition) is 2. The molecule has 132 valence electrons. The van der Waals surface area contributed by atoms with Gasteiger partial charge in [-0.05, 0) is 35.7 Å². The Balaban J connectivity index is 0.00000225. The molecule has 1 heterocycles. The Morgan fingerprint density at radius 3 is 2.48 bits per heavy atom. The molecule has 2 aromatic rings. The van der Waals surface area contributed by atoms with Gasteiger partial charge in [0, 0.05) is 37.3 Å². The van der Waals surface area contributed by atoms with Crippen molar-refractivity contribution in [2.45, 2.75) is 25.9 Å². The standard InChI is InChI=1S/C19H21N3O2.ClH/c20-17-4-1-3-16(11-17)19(24)21-12-14-6-8-15(9-7-14)13-22-10-2-5-18(22)23;/h1,3-4,6-9,11H,2,5,10,12-13,20H2,(H,21,24);1H. The summed E-state index contributed by atoms with van der Waals surface area (Å²) in [6, 6.07) is 14.9. The van der Waals surface area contributed by atoms with Crippen LogP contribution >= 0.6 is 12.4 Å². The van der Waals surface area contributed by atoms with Gasteiger partial charge in [0.15, 0.2) is 0 Å². The van der Waals surface area contributed by atoms with Crippen LogP contribution in [0.25, 0.3) is 0 Å². The summed E-state index contributed by atoms with van der Waals surface area (Å²) >= 11 is 0. The molecular weight excluding hydrogens is 338 g/mol. The van der Waals surface area contributed by atoms with Gasteiger partial charge in [-0.2, -0.15) is 0 Å². The summed E-state index contributed by atoms with van der Waals surface area (Å²) in [6.07, 6.45) is 1.61. The number of likely N-dealkylation sites (tertiary alicyclic amines) is 1. The molecular formula is C19H22ClN3O2. The lowest BCUT2D eigenvalue weighted by molar-refractivity contribution is -0.128. The summed E-state index contributed by atoms with van der Waals surface area (Å²) in [7, 11) is 0. The lowest BCUT2D eigenvalue weighted by Gasteiger charge is -2.15. The van der Waals surface area contributed by atoms with E-state index in [9.17, 15) is 9.59 Å². The van der Waals surface area contributed by atoms with Crippen LogP contribution in [0.15, 0.2) is 48.5 Å². The second kappa shape index (κ2) is 8.53. The van der Waals surface area contributed by atoms with E-state index in [2.05, 4.69) is 5.32 Å². The number of benzene rings is 2. The van der Waals surface area contributed by atoms with Crippen molar-refractivity contribution < 1.29 is 9.59 Å². The van der Waals surface area contributed by atoms with Gasteiger partial charge in [0.25, 0.3) is 5.91 Å². The minimum absolute atomic E-state index is 0. The van der Waals surface area contributed by atoms with Crippen molar-refractivity contribution in [2.24, 2.45) is 0 Å². The normalized spacial score (nSPS) is 13.4. The maximum atomic E-state index is 12.1. The lowest BCUT2D eigenvalue weighted by Crippen LogP contribution is -2.24. The molecule has 1 aliphatic rings. The molecule has 0 aromatic heterocycles. The summed E-state index contributed by atoms with van der Waals surface area (Å²) in [5, 5.41) is 2.88. The molecule has 3 rings (SSSR count). The van der Waals surface area contributed by atoms with E-state index in [1.54, 1.807) is 24.3 Å². The highest BCUT2D eigenvalue weighted by Crippen LogP contribution is 2.15. The second-order valence-electron chi connectivity index (χ2n) is 6.04. The number of carbonyl (C=O) groups excluding carboxylic acids is 2. The molecule has 25 heavy (non-hydrogen) atoms. The number of nitrogen functional groups attached to an aromatic ring is 1. The van der Waals surface area contributed by atoms with Gasteiger partial charge in [-0.1, -0.05) is 30.3 Å². The number of rotatable bonds is 5. The maximum Gasteiger partial charge on any atom is 0.251 e. The zero-order valence-electron chi connectivity index (χ0n) is 13.9. The first-order valence-electron chi connectivity index (χ1n) is 8.11. The summed E-state index contributed by atoms with van der Waals surface area (Å²) in [5.74, 6) is 0.0857. The van der Waals surface area contributed by atoms with Gasteiger partial charge in [-0.25, -0.2) is 0 Å². The van der Waals surface area contributed by atoms with Crippen molar-refractivity contribution in [3.8, 4) is 0 Å². The van der Waals surface area contributed by atoms with Crippen molar-refractivity contribution in [3.63, 3.8) is 0 Å². The van der Waals surface area contributed by atoms with Gasteiger partial charge in [-0.3, -0.25) is 9.59 Å². The lowest BCUT2D eigenvalue weighted by atomic mass is 10.1. The van der Waals surface area contributed by atoms with Crippen LogP contribution in [0, 0.1) is 0 Å². The van der Waals surface area contributed by atoms with Crippen molar-refractivity contribution in [2.75, 3.05) is 12.3 Å². The zero-order chi connectivity index (χ0) is 16.9. The van der Waals surface area contributed by atoms with Gasteiger partial charge in [0.05, 0.1) is 0 Å². The van der Waals surface area contributed by atoms with E-state index in [1.807, 2.05) is 29.2 Å². The highest BCUT2D eigenvalue weighted by Gasteiger charge is 2.19. The molecule has 3 N–H and O–H groups in total. The predicted molar refractivity (Wildman–Crippen MR) is 100 cm³/mol. The van der Waals surface area contributed by atoms with Gasteiger partial charge < -0.3 is 16.0 Å². The molecule has 1 aliphatic heterocycles. The average molecular weight is 360 g/mol. The highest BCUT2D eigenvalue weighted by atomic mass is 35.5. The Kier molecular flexibility index (Phi) is 6.42. The summed E-state index contributed by atoms with van der Waals surface area (Å²) in [4.78, 5) is 25.6. The van der Waals surface area contributed by atoms with Crippen LogP contribution in [0.5, 0.6) is 0 Å². The fourth-order valence-electron chi connectivity index (χ4n) is 2.82. The molecule has 6 heteroatoms. The van der Waals surface area contributed by atoms with E-state index in [0.717, 1.165) is 24.1 Å². The molecule has 0 spiro atoms. The second-order valence-corrected chi connectivity index (χ2v) is 6.04. The molecule has 2 amide bonds. The first-order chi connectivity index (χ1) is 11.6. The Morgan fingerprint density at radius 1 is 1.12 bits per heavy atom. The summed E-state index contributed by atoms with van der Waals surface area (Å²) in [5.41, 5.74) is 8.94. The number of anilines is 1. The fourth-order valence-corrected chi connectivity index (χ4v) is 2.82. The predicted octanol–water partition coefficient (Wildman–Crippen LogP) is 2.74. The Hall–Kier alpha value is -2.53. The monoisotopic (exact) mass is 359 g/mol. The van der Waals surface area contributed by atoms with Crippen molar-refractivity contribution in [1.82, 2.24) is 10.2 Å². The highest BCUT2D eigenvalue weighted by molar-refractivity contribution is 5.94. The first kappa shape index (κ1) is 18.8. The van der Waals surface area contributed by atoms with E-state index < -0.39 is 0 Å². The third-order valence-electron chi connectivity index (χ3n) is 4.17. The van der Waals surface area contributed by atoms with Crippen LogP contribution in [0.4, 0.5) is 5.69 Å². The number of nitrogens with one attached hydrogen (secondary N) is 1. The molecule has 0 atom stereocenters. The third-order valence-corrected chi connectivity index (χ3v) is 4.17. The van der Waals surface area contributed by atoms with Crippen LogP contribution in [-0.2, 0) is 17.9 Å².